The second kappa shape index (κ2) is 8.93. The molecule has 1 rings (SSSR count). The standard InChI is InChI=1S/C16H34N2O/c1-5-7-14-8-9-15(11-17)16(10-14)18(6-2)13(3)12-19-4/h13-16H,5-12,17H2,1-4H3. The van der Waals surface area contributed by atoms with Crippen LogP contribution in [0.15, 0.2) is 0 Å². The van der Waals surface area contributed by atoms with Crippen LogP contribution in [0.2, 0.25) is 0 Å². The van der Waals surface area contributed by atoms with Gasteiger partial charge in [0.15, 0.2) is 0 Å². The highest BCUT2D eigenvalue weighted by atomic mass is 16.5. The Morgan fingerprint density at radius 1 is 1.32 bits per heavy atom. The molecule has 0 aromatic rings. The van der Waals surface area contributed by atoms with E-state index in [4.69, 9.17) is 10.5 Å². The van der Waals surface area contributed by atoms with Gasteiger partial charge in [0.05, 0.1) is 6.61 Å². The van der Waals surface area contributed by atoms with Crippen molar-refractivity contribution in [2.75, 3.05) is 26.8 Å². The Hall–Kier alpha value is -0.120. The van der Waals surface area contributed by atoms with Crippen molar-refractivity contribution in [3.8, 4) is 0 Å². The number of nitrogens with two attached hydrogens (primary N) is 1. The van der Waals surface area contributed by atoms with Gasteiger partial charge in [0.2, 0.25) is 0 Å². The molecule has 2 N–H and O–H groups in total. The highest BCUT2D eigenvalue weighted by molar-refractivity contribution is 4.89. The average molecular weight is 270 g/mol. The summed E-state index contributed by atoms with van der Waals surface area (Å²) in [5, 5.41) is 0. The van der Waals surface area contributed by atoms with Crippen molar-refractivity contribution in [1.29, 1.82) is 0 Å². The lowest BCUT2D eigenvalue weighted by Crippen LogP contribution is -2.51. The van der Waals surface area contributed by atoms with E-state index in [1.165, 1.54) is 32.1 Å². The summed E-state index contributed by atoms with van der Waals surface area (Å²) in [5.41, 5.74) is 6.02. The van der Waals surface area contributed by atoms with E-state index in [9.17, 15) is 0 Å². The van der Waals surface area contributed by atoms with Gasteiger partial charge in [0, 0.05) is 19.2 Å². The minimum Gasteiger partial charge on any atom is -0.383 e. The van der Waals surface area contributed by atoms with E-state index in [1.54, 1.807) is 7.11 Å². The number of nitrogens with zero attached hydrogens (tertiary/aromatic N) is 1. The minimum atomic E-state index is 0.495. The van der Waals surface area contributed by atoms with Crippen molar-refractivity contribution in [3.05, 3.63) is 0 Å². The molecule has 1 aliphatic carbocycles. The molecule has 0 saturated heterocycles. The lowest BCUT2D eigenvalue weighted by molar-refractivity contribution is 0.0222. The van der Waals surface area contributed by atoms with Gasteiger partial charge in [-0.3, -0.25) is 4.90 Å². The first-order valence-corrected chi connectivity index (χ1v) is 8.12. The smallest absolute Gasteiger partial charge is 0.0615 e. The van der Waals surface area contributed by atoms with E-state index in [2.05, 4.69) is 25.7 Å². The van der Waals surface area contributed by atoms with E-state index in [-0.39, 0.29) is 0 Å². The second-order valence-electron chi connectivity index (χ2n) is 6.17. The molecule has 4 atom stereocenters. The number of hydrogen-bond donors (Lipinski definition) is 1. The SMILES string of the molecule is CCCC1CCC(CN)C(N(CC)C(C)COC)C1. The van der Waals surface area contributed by atoms with E-state index in [0.29, 0.717) is 18.0 Å². The number of rotatable bonds is 8. The molecule has 0 spiro atoms. The van der Waals surface area contributed by atoms with Gasteiger partial charge in [0.25, 0.3) is 0 Å². The summed E-state index contributed by atoms with van der Waals surface area (Å²) in [4.78, 5) is 2.63. The molecule has 3 heteroatoms. The van der Waals surface area contributed by atoms with Gasteiger partial charge in [-0.05, 0) is 44.7 Å². The number of hydrogen-bond acceptors (Lipinski definition) is 3. The molecule has 1 fully saturated rings. The van der Waals surface area contributed by atoms with Crippen molar-refractivity contribution >= 4 is 0 Å². The molecule has 0 radical (unpaired) electrons. The maximum absolute atomic E-state index is 6.02. The van der Waals surface area contributed by atoms with Crippen LogP contribution in [0.1, 0.15) is 52.9 Å². The minimum absolute atomic E-state index is 0.495. The summed E-state index contributed by atoms with van der Waals surface area (Å²) in [6.45, 7) is 9.60. The monoisotopic (exact) mass is 270 g/mol. The van der Waals surface area contributed by atoms with Crippen LogP contribution in [0.3, 0.4) is 0 Å². The van der Waals surface area contributed by atoms with Crippen LogP contribution in [-0.4, -0.2) is 43.8 Å². The molecule has 0 aromatic heterocycles. The summed E-state index contributed by atoms with van der Waals surface area (Å²) >= 11 is 0. The zero-order chi connectivity index (χ0) is 14.3. The fourth-order valence-electron chi connectivity index (χ4n) is 3.86. The van der Waals surface area contributed by atoms with Crippen LogP contribution in [0.5, 0.6) is 0 Å². The van der Waals surface area contributed by atoms with Crippen LogP contribution in [0, 0.1) is 11.8 Å². The van der Waals surface area contributed by atoms with Gasteiger partial charge >= 0.3 is 0 Å². The molecule has 3 nitrogen and oxygen atoms in total. The molecule has 19 heavy (non-hydrogen) atoms. The lowest BCUT2D eigenvalue weighted by Gasteiger charge is -2.44. The molecule has 0 heterocycles. The fourth-order valence-corrected chi connectivity index (χ4v) is 3.86. The molecule has 1 aliphatic rings. The zero-order valence-electron chi connectivity index (χ0n) is 13.4. The lowest BCUT2D eigenvalue weighted by atomic mass is 9.75. The molecule has 0 bridgehead atoms. The topological polar surface area (TPSA) is 38.5 Å². The van der Waals surface area contributed by atoms with Crippen molar-refractivity contribution in [2.45, 2.75) is 65.0 Å². The molecule has 0 aromatic carbocycles. The highest BCUT2D eigenvalue weighted by Gasteiger charge is 2.34. The van der Waals surface area contributed by atoms with E-state index >= 15 is 0 Å². The summed E-state index contributed by atoms with van der Waals surface area (Å²) in [5.74, 6) is 1.58. The van der Waals surface area contributed by atoms with Gasteiger partial charge in [-0.1, -0.05) is 33.1 Å². The summed E-state index contributed by atoms with van der Waals surface area (Å²) < 4.78 is 5.35. The van der Waals surface area contributed by atoms with Crippen LogP contribution in [0.25, 0.3) is 0 Å². The maximum atomic E-state index is 6.02. The largest absolute Gasteiger partial charge is 0.383 e. The van der Waals surface area contributed by atoms with Crippen molar-refractivity contribution in [2.24, 2.45) is 17.6 Å². The molecule has 114 valence electrons. The molecule has 0 aliphatic heterocycles. The predicted molar refractivity (Wildman–Crippen MR) is 82.3 cm³/mol. The van der Waals surface area contributed by atoms with E-state index < -0.39 is 0 Å². The Bertz CT molecular complexity index is 235. The van der Waals surface area contributed by atoms with Gasteiger partial charge < -0.3 is 10.5 Å². The Morgan fingerprint density at radius 2 is 2.05 bits per heavy atom. The van der Waals surface area contributed by atoms with Crippen molar-refractivity contribution < 1.29 is 4.74 Å². The number of likely N-dealkylation sites (N-methyl/N-ethyl adjacent to an activating group) is 1. The highest BCUT2D eigenvalue weighted by Crippen LogP contribution is 2.35. The van der Waals surface area contributed by atoms with Crippen LogP contribution >= 0.6 is 0 Å². The zero-order valence-corrected chi connectivity index (χ0v) is 13.4. The molecule has 0 amide bonds. The average Bonchev–Trinajstić information content (AvgIpc) is 2.41. The first-order valence-electron chi connectivity index (χ1n) is 8.12. The number of ether oxygens (including phenoxy) is 1. The fraction of sp³-hybridized carbons (Fsp3) is 1.00. The second-order valence-corrected chi connectivity index (χ2v) is 6.17. The van der Waals surface area contributed by atoms with Gasteiger partial charge in [0.1, 0.15) is 0 Å². The third-order valence-corrected chi connectivity index (χ3v) is 4.83. The number of methoxy groups -OCH3 is 1. The van der Waals surface area contributed by atoms with Crippen molar-refractivity contribution in [1.82, 2.24) is 4.90 Å². The van der Waals surface area contributed by atoms with Crippen LogP contribution in [-0.2, 0) is 4.74 Å². The molecular formula is C16H34N2O. The van der Waals surface area contributed by atoms with E-state index in [0.717, 1.165) is 25.6 Å². The molecular weight excluding hydrogens is 236 g/mol. The van der Waals surface area contributed by atoms with Gasteiger partial charge in [-0.15, -0.1) is 0 Å². The summed E-state index contributed by atoms with van der Waals surface area (Å²) in [6, 6.07) is 1.15. The molecule has 4 unspecified atom stereocenters. The van der Waals surface area contributed by atoms with Crippen LogP contribution < -0.4 is 5.73 Å². The Kier molecular flexibility index (Phi) is 7.96. The normalized spacial score (nSPS) is 29.7. The Labute approximate surface area is 119 Å². The van der Waals surface area contributed by atoms with E-state index in [1.807, 2.05) is 0 Å². The first-order chi connectivity index (χ1) is 9.17. The first kappa shape index (κ1) is 16.9. The van der Waals surface area contributed by atoms with Crippen LogP contribution in [0.4, 0.5) is 0 Å². The molecule has 1 saturated carbocycles. The van der Waals surface area contributed by atoms with Gasteiger partial charge in [-0.25, -0.2) is 0 Å². The Morgan fingerprint density at radius 3 is 2.58 bits per heavy atom. The summed E-state index contributed by atoms with van der Waals surface area (Å²) in [6.07, 6.45) is 6.70. The summed E-state index contributed by atoms with van der Waals surface area (Å²) in [7, 11) is 1.80. The van der Waals surface area contributed by atoms with Crippen molar-refractivity contribution in [3.63, 3.8) is 0 Å². The quantitative estimate of drug-likeness (QED) is 0.737. The predicted octanol–water partition coefficient (Wildman–Crippen LogP) is 2.89. The third kappa shape index (κ3) is 4.73. The Balaban J connectivity index is 2.70. The van der Waals surface area contributed by atoms with Gasteiger partial charge in [-0.2, -0.15) is 0 Å². The maximum Gasteiger partial charge on any atom is 0.0615 e. The third-order valence-electron chi connectivity index (χ3n) is 4.83.